The Hall–Kier alpha value is -0.610. The van der Waals surface area contributed by atoms with Crippen LogP contribution in [-0.4, -0.2) is 24.6 Å². The molecule has 1 aromatic heterocycles. The zero-order valence-electron chi connectivity index (χ0n) is 14.2. The normalized spacial score (nSPS) is 13.6. The van der Waals surface area contributed by atoms with Crippen molar-refractivity contribution < 1.29 is 0 Å². The summed E-state index contributed by atoms with van der Waals surface area (Å²) in [6.45, 7) is 15.4. The van der Waals surface area contributed by atoms with Crippen molar-refractivity contribution in [3.63, 3.8) is 0 Å². The van der Waals surface area contributed by atoms with E-state index in [-0.39, 0.29) is 5.41 Å². The molecule has 0 aromatic carbocycles. The summed E-state index contributed by atoms with van der Waals surface area (Å²) in [6.07, 6.45) is 2.31. The van der Waals surface area contributed by atoms with Crippen molar-refractivity contribution in [1.29, 1.82) is 0 Å². The van der Waals surface area contributed by atoms with Crippen LogP contribution < -0.4 is 10.2 Å². The molecule has 0 aliphatic heterocycles. The molecule has 4 heteroatoms. The molecular formula is C16H31N3S. The van der Waals surface area contributed by atoms with Crippen molar-refractivity contribution in [2.75, 3.05) is 18.5 Å². The van der Waals surface area contributed by atoms with Crippen LogP contribution in [0.1, 0.15) is 65.0 Å². The molecule has 0 bridgehead atoms. The predicted molar refractivity (Wildman–Crippen MR) is 91.0 cm³/mol. The molecule has 1 atom stereocenters. The van der Waals surface area contributed by atoms with Gasteiger partial charge < -0.3 is 10.2 Å². The minimum atomic E-state index is 0.105. The van der Waals surface area contributed by atoms with E-state index in [0.29, 0.717) is 6.04 Å². The van der Waals surface area contributed by atoms with Gasteiger partial charge in [-0.25, -0.2) is 4.98 Å². The number of hydrogen-bond acceptors (Lipinski definition) is 4. The number of thiazole rings is 1. The third kappa shape index (κ3) is 4.45. The van der Waals surface area contributed by atoms with Gasteiger partial charge in [-0.15, -0.1) is 11.3 Å². The molecule has 0 saturated carbocycles. The van der Waals surface area contributed by atoms with Gasteiger partial charge in [-0.1, -0.05) is 34.6 Å². The highest BCUT2D eigenvalue weighted by Crippen LogP contribution is 2.34. The van der Waals surface area contributed by atoms with E-state index in [1.807, 2.05) is 11.3 Å². The van der Waals surface area contributed by atoms with Gasteiger partial charge in [0.2, 0.25) is 0 Å². The van der Waals surface area contributed by atoms with Crippen LogP contribution in [0.15, 0.2) is 0 Å². The molecule has 1 aromatic rings. The standard InChI is InChI=1S/C16H31N3S/c1-8-10-17-11-13-14(16(4,5)6)18-15(20-13)19(7)12(3)9-2/h12,17H,8-11H2,1-7H3. The van der Waals surface area contributed by atoms with Crippen LogP contribution in [0, 0.1) is 0 Å². The fraction of sp³-hybridized carbons (Fsp3) is 0.812. The summed E-state index contributed by atoms with van der Waals surface area (Å²) >= 11 is 1.84. The number of nitrogens with one attached hydrogen (secondary N) is 1. The third-order valence-corrected chi connectivity index (χ3v) is 4.81. The van der Waals surface area contributed by atoms with Crippen LogP contribution >= 0.6 is 11.3 Å². The highest BCUT2D eigenvalue weighted by atomic mass is 32.1. The molecule has 0 fully saturated rings. The van der Waals surface area contributed by atoms with E-state index in [1.54, 1.807) is 0 Å². The number of rotatable bonds is 7. The van der Waals surface area contributed by atoms with Gasteiger partial charge in [-0.3, -0.25) is 0 Å². The average Bonchev–Trinajstić information content (AvgIpc) is 2.81. The quantitative estimate of drug-likeness (QED) is 0.765. The van der Waals surface area contributed by atoms with E-state index in [9.17, 15) is 0 Å². The number of hydrogen-bond donors (Lipinski definition) is 1. The van der Waals surface area contributed by atoms with Crippen LogP contribution in [0.25, 0.3) is 0 Å². The maximum Gasteiger partial charge on any atom is 0.185 e. The molecule has 1 rings (SSSR count). The molecule has 0 aliphatic rings. The van der Waals surface area contributed by atoms with Gasteiger partial charge in [0, 0.05) is 29.9 Å². The second-order valence-electron chi connectivity index (χ2n) is 6.56. The number of nitrogens with zero attached hydrogens (tertiary/aromatic N) is 2. The van der Waals surface area contributed by atoms with Gasteiger partial charge in [-0.05, 0) is 26.3 Å². The lowest BCUT2D eigenvalue weighted by Gasteiger charge is -2.23. The number of aromatic nitrogens is 1. The Bertz CT molecular complexity index is 406. The van der Waals surface area contributed by atoms with Crippen LogP contribution in [0.4, 0.5) is 5.13 Å². The molecule has 0 radical (unpaired) electrons. The smallest absolute Gasteiger partial charge is 0.185 e. The van der Waals surface area contributed by atoms with Crippen molar-refractivity contribution in [2.45, 2.75) is 72.4 Å². The fourth-order valence-corrected chi connectivity index (χ4v) is 3.34. The monoisotopic (exact) mass is 297 g/mol. The van der Waals surface area contributed by atoms with E-state index in [2.05, 4.69) is 58.8 Å². The molecule has 1 heterocycles. The lowest BCUT2D eigenvalue weighted by atomic mass is 9.91. The molecule has 0 aliphatic carbocycles. The molecule has 1 N–H and O–H groups in total. The highest BCUT2D eigenvalue weighted by Gasteiger charge is 2.24. The Morgan fingerprint density at radius 3 is 2.45 bits per heavy atom. The summed E-state index contributed by atoms with van der Waals surface area (Å²) in [4.78, 5) is 8.63. The number of anilines is 1. The van der Waals surface area contributed by atoms with E-state index in [4.69, 9.17) is 4.98 Å². The van der Waals surface area contributed by atoms with Crippen molar-refractivity contribution in [2.24, 2.45) is 0 Å². The molecule has 0 amide bonds. The second-order valence-corrected chi connectivity index (χ2v) is 7.63. The van der Waals surface area contributed by atoms with Crippen molar-refractivity contribution in [1.82, 2.24) is 10.3 Å². The zero-order chi connectivity index (χ0) is 15.3. The minimum Gasteiger partial charge on any atom is -0.348 e. The van der Waals surface area contributed by atoms with Gasteiger partial charge in [0.25, 0.3) is 0 Å². The highest BCUT2D eigenvalue weighted by molar-refractivity contribution is 7.15. The molecule has 3 nitrogen and oxygen atoms in total. The van der Waals surface area contributed by atoms with Gasteiger partial charge in [-0.2, -0.15) is 0 Å². The summed E-state index contributed by atoms with van der Waals surface area (Å²) in [7, 11) is 2.16. The van der Waals surface area contributed by atoms with Gasteiger partial charge in [0.05, 0.1) is 5.69 Å². The van der Waals surface area contributed by atoms with Gasteiger partial charge in [0.1, 0.15) is 0 Å². The van der Waals surface area contributed by atoms with Gasteiger partial charge >= 0.3 is 0 Å². The summed E-state index contributed by atoms with van der Waals surface area (Å²) < 4.78 is 0. The topological polar surface area (TPSA) is 28.2 Å². The van der Waals surface area contributed by atoms with Crippen LogP contribution in [0.2, 0.25) is 0 Å². The summed E-state index contributed by atoms with van der Waals surface area (Å²) in [5.74, 6) is 0. The molecular weight excluding hydrogens is 266 g/mol. The lowest BCUT2D eigenvalue weighted by molar-refractivity contribution is 0.557. The maximum absolute atomic E-state index is 4.93. The van der Waals surface area contributed by atoms with Crippen molar-refractivity contribution in [3.05, 3.63) is 10.6 Å². The first kappa shape index (κ1) is 17.4. The first-order valence-corrected chi connectivity index (χ1v) is 8.56. The van der Waals surface area contributed by atoms with E-state index in [1.165, 1.54) is 17.0 Å². The first-order chi connectivity index (χ1) is 9.31. The third-order valence-electron chi connectivity index (χ3n) is 3.66. The summed E-state index contributed by atoms with van der Waals surface area (Å²) in [5.41, 5.74) is 1.35. The van der Waals surface area contributed by atoms with Gasteiger partial charge in [0.15, 0.2) is 5.13 Å². The SMILES string of the molecule is CCCNCc1sc(N(C)C(C)CC)nc1C(C)(C)C. The molecule has 20 heavy (non-hydrogen) atoms. The fourth-order valence-electron chi connectivity index (χ4n) is 2.04. The Labute approximate surface area is 128 Å². The molecule has 0 spiro atoms. The Balaban J connectivity index is 2.99. The van der Waals surface area contributed by atoms with Crippen LogP contribution in [-0.2, 0) is 12.0 Å². The van der Waals surface area contributed by atoms with Crippen molar-refractivity contribution >= 4 is 16.5 Å². The predicted octanol–water partition coefficient (Wildman–Crippen LogP) is 4.17. The molecule has 0 saturated heterocycles. The lowest BCUT2D eigenvalue weighted by Crippen LogP contribution is -2.28. The van der Waals surface area contributed by atoms with E-state index < -0.39 is 0 Å². The summed E-state index contributed by atoms with van der Waals surface area (Å²) in [6, 6.07) is 0.533. The molecule has 1 unspecified atom stereocenters. The Morgan fingerprint density at radius 2 is 1.95 bits per heavy atom. The minimum absolute atomic E-state index is 0.105. The summed E-state index contributed by atoms with van der Waals surface area (Å²) in [5, 5.41) is 4.66. The largest absolute Gasteiger partial charge is 0.348 e. The second kappa shape index (κ2) is 7.41. The maximum atomic E-state index is 4.93. The average molecular weight is 298 g/mol. The zero-order valence-corrected chi connectivity index (χ0v) is 15.0. The van der Waals surface area contributed by atoms with Crippen LogP contribution in [0.5, 0.6) is 0 Å². The van der Waals surface area contributed by atoms with E-state index in [0.717, 1.165) is 24.6 Å². The molecule has 116 valence electrons. The Morgan fingerprint density at radius 1 is 1.30 bits per heavy atom. The van der Waals surface area contributed by atoms with Crippen LogP contribution in [0.3, 0.4) is 0 Å². The first-order valence-electron chi connectivity index (χ1n) is 7.74. The Kier molecular flexibility index (Phi) is 6.46. The van der Waals surface area contributed by atoms with E-state index >= 15 is 0 Å². The van der Waals surface area contributed by atoms with Crippen molar-refractivity contribution in [3.8, 4) is 0 Å².